The lowest BCUT2D eigenvalue weighted by atomic mass is 10.1. The van der Waals surface area contributed by atoms with E-state index in [-0.39, 0.29) is 10.0 Å². The lowest BCUT2D eigenvalue weighted by molar-refractivity contribution is 0.628. The minimum Gasteiger partial charge on any atom is -0.389 e. The van der Waals surface area contributed by atoms with Gasteiger partial charge in [0.05, 0.1) is 15.7 Å². The van der Waals surface area contributed by atoms with Crippen LogP contribution in [0.2, 0.25) is 10.0 Å². The Kier molecular flexibility index (Phi) is 4.48. The zero-order valence-corrected chi connectivity index (χ0v) is 12.8. The Labute approximate surface area is 131 Å². The maximum absolute atomic E-state index is 13.1. The molecule has 0 saturated heterocycles. The van der Waals surface area contributed by atoms with Crippen LogP contribution in [0.3, 0.4) is 0 Å². The van der Waals surface area contributed by atoms with Crippen LogP contribution in [0.15, 0.2) is 30.3 Å². The second-order valence-electron chi connectivity index (χ2n) is 4.26. The number of aryl methyl sites for hydroxylation is 1. The smallest absolute Gasteiger partial charge is 0.126 e. The topological polar surface area (TPSA) is 38.0 Å². The quantitative estimate of drug-likeness (QED) is 0.793. The van der Waals surface area contributed by atoms with E-state index in [9.17, 15) is 4.39 Å². The summed E-state index contributed by atoms with van der Waals surface area (Å²) in [5, 5.41) is 3.49. The Morgan fingerprint density at radius 3 is 2.30 bits per heavy atom. The molecule has 0 aliphatic rings. The van der Waals surface area contributed by atoms with Gasteiger partial charge < -0.3 is 11.1 Å². The molecule has 0 aromatic heterocycles. The van der Waals surface area contributed by atoms with Gasteiger partial charge >= 0.3 is 0 Å². The number of anilines is 2. The highest BCUT2D eigenvalue weighted by Crippen LogP contribution is 2.34. The van der Waals surface area contributed by atoms with Crippen LogP contribution in [-0.2, 0) is 0 Å². The standard InChI is InChI=1S/C14H11Cl2FN2S/c1-7-4-9(2-3-10(7)14(18)20)19-13-11(15)5-8(17)6-12(13)16/h2-6,19H,1H3,(H2,18,20). The molecule has 0 bridgehead atoms. The number of rotatable bonds is 3. The van der Waals surface area contributed by atoms with Gasteiger partial charge in [0.25, 0.3) is 0 Å². The predicted octanol–water partition coefficient (Wildman–Crippen LogP) is 4.82. The molecule has 0 unspecified atom stereocenters. The van der Waals surface area contributed by atoms with Gasteiger partial charge in [-0.1, -0.05) is 35.4 Å². The molecular weight excluding hydrogens is 318 g/mol. The van der Waals surface area contributed by atoms with Crippen LogP contribution in [-0.4, -0.2) is 4.99 Å². The Balaban J connectivity index is 2.36. The molecule has 20 heavy (non-hydrogen) atoms. The molecule has 0 atom stereocenters. The maximum Gasteiger partial charge on any atom is 0.126 e. The fourth-order valence-corrected chi connectivity index (χ4v) is 2.61. The van der Waals surface area contributed by atoms with Gasteiger partial charge in [-0.25, -0.2) is 4.39 Å². The first-order valence-electron chi connectivity index (χ1n) is 5.70. The van der Waals surface area contributed by atoms with E-state index in [0.717, 1.165) is 16.8 Å². The predicted molar refractivity (Wildman–Crippen MR) is 86.8 cm³/mol. The summed E-state index contributed by atoms with van der Waals surface area (Å²) in [5.41, 5.74) is 8.56. The van der Waals surface area contributed by atoms with Crippen LogP contribution in [0.5, 0.6) is 0 Å². The van der Waals surface area contributed by atoms with Gasteiger partial charge in [0.1, 0.15) is 10.8 Å². The first-order chi connectivity index (χ1) is 9.38. The van der Waals surface area contributed by atoms with E-state index in [4.69, 9.17) is 41.2 Å². The monoisotopic (exact) mass is 328 g/mol. The molecule has 0 heterocycles. The molecule has 3 N–H and O–H groups in total. The van der Waals surface area contributed by atoms with Crippen LogP contribution < -0.4 is 11.1 Å². The van der Waals surface area contributed by atoms with E-state index in [1.165, 1.54) is 12.1 Å². The van der Waals surface area contributed by atoms with Crippen LogP contribution in [0.25, 0.3) is 0 Å². The summed E-state index contributed by atoms with van der Waals surface area (Å²) in [7, 11) is 0. The minimum absolute atomic E-state index is 0.214. The number of nitrogens with two attached hydrogens (primary N) is 1. The van der Waals surface area contributed by atoms with Gasteiger partial charge in [-0.15, -0.1) is 0 Å². The fourth-order valence-electron chi connectivity index (χ4n) is 1.82. The van der Waals surface area contributed by atoms with Crippen LogP contribution in [0.1, 0.15) is 11.1 Å². The minimum atomic E-state index is -0.481. The Morgan fingerprint density at radius 2 is 1.80 bits per heavy atom. The molecule has 2 nitrogen and oxygen atoms in total. The van der Waals surface area contributed by atoms with Gasteiger partial charge in [-0.05, 0) is 42.8 Å². The van der Waals surface area contributed by atoms with Crippen molar-refractivity contribution in [2.24, 2.45) is 5.73 Å². The molecular formula is C14H11Cl2FN2S. The largest absolute Gasteiger partial charge is 0.389 e. The molecule has 0 aliphatic heterocycles. The Bertz CT molecular complexity index is 666. The first kappa shape index (κ1) is 15.0. The first-order valence-corrected chi connectivity index (χ1v) is 6.87. The SMILES string of the molecule is Cc1cc(Nc2c(Cl)cc(F)cc2Cl)ccc1C(N)=S. The van der Waals surface area contributed by atoms with E-state index < -0.39 is 5.82 Å². The summed E-state index contributed by atoms with van der Waals surface area (Å²) in [6.07, 6.45) is 0. The number of nitrogens with one attached hydrogen (secondary N) is 1. The van der Waals surface area contributed by atoms with Gasteiger partial charge in [0.15, 0.2) is 0 Å². The zero-order valence-electron chi connectivity index (χ0n) is 10.5. The number of hydrogen-bond donors (Lipinski definition) is 2. The molecule has 2 aromatic rings. The number of benzene rings is 2. The van der Waals surface area contributed by atoms with Crippen LogP contribution in [0, 0.1) is 12.7 Å². The van der Waals surface area contributed by atoms with E-state index >= 15 is 0 Å². The zero-order chi connectivity index (χ0) is 14.9. The molecule has 2 aromatic carbocycles. The molecule has 0 spiro atoms. The van der Waals surface area contributed by atoms with Crippen molar-refractivity contribution < 1.29 is 4.39 Å². The molecule has 104 valence electrons. The second kappa shape index (κ2) is 5.95. The molecule has 0 amide bonds. The van der Waals surface area contributed by atoms with Gasteiger partial charge in [0.2, 0.25) is 0 Å². The molecule has 0 fully saturated rings. The van der Waals surface area contributed by atoms with Gasteiger partial charge in [-0.3, -0.25) is 0 Å². The number of hydrogen-bond acceptors (Lipinski definition) is 2. The van der Waals surface area contributed by atoms with Crippen molar-refractivity contribution in [3.05, 3.63) is 57.3 Å². The normalized spacial score (nSPS) is 10.4. The molecule has 2 rings (SSSR count). The Hall–Kier alpha value is -1.36. The fraction of sp³-hybridized carbons (Fsp3) is 0.0714. The molecule has 0 aliphatic carbocycles. The van der Waals surface area contributed by atoms with Gasteiger partial charge in [0, 0.05) is 11.3 Å². The average Bonchev–Trinajstić information content (AvgIpc) is 2.33. The van der Waals surface area contributed by atoms with Crippen molar-refractivity contribution in [3.8, 4) is 0 Å². The third kappa shape index (κ3) is 3.20. The summed E-state index contributed by atoms with van der Waals surface area (Å²) < 4.78 is 13.1. The van der Waals surface area contributed by atoms with E-state index in [1.54, 1.807) is 6.07 Å². The van der Waals surface area contributed by atoms with Crippen molar-refractivity contribution in [2.45, 2.75) is 6.92 Å². The van der Waals surface area contributed by atoms with Gasteiger partial charge in [-0.2, -0.15) is 0 Å². The third-order valence-electron chi connectivity index (χ3n) is 2.77. The van der Waals surface area contributed by atoms with Crippen molar-refractivity contribution in [2.75, 3.05) is 5.32 Å². The third-order valence-corrected chi connectivity index (χ3v) is 3.58. The highest BCUT2D eigenvalue weighted by atomic mass is 35.5. The van der Waals surface area contributed by atoms with Crippen LogP contribution >= 0.6 is 35.4 Å². The van der Waals surface area contributed by atoms with Crippen molar-refractivity contribution in [3.63, 3.8) is 0 Å². The summed E-state index contributed by atoms with van der Waals surface area (Å²) in [6, 6.07) is 7.88. The van der Waals surface area contributed by atoms with Crippen molar-refractivity contribution in [1.82, 2.24) is 0 Å². The summed E-state index contributed by atoms with van der Waals surface area (Å²) in [5.74, 6) is -0.481. The van der Waals surface area contributed by atoms with E-state index in [2.05, 4.69) is 5.32 Å². The lowest BCUT2D eigenvalue weighted by Gasteiger charge is -2.12. The summed E-state index contributed by atoms with van der Waals surface area (Å²) in [4.78, 5) is 0.340. The number of thiocarbonyl (C=S) groups is 1. The second-order valence-corrected chi connectivity index (χ2v) is 5.52. The molecule has 6 heteroatoms. The molecule has 0 radical (unpaired) electrons. The average molecular weight is 329 g/mol. The van der Waals surface area contributed by atoms with Crippen molar-refractivity contribution in [1.29, 1.82) is 0 Å². The number of halogens is 3. The van der Waals surface area contributed by atoms with Crippen molar-refractivity contribution >= 4 is 51.8 Å². The summed E-state index contributed by atoms with van der Waals surface area (Å²) in [6.45, 7) is 1.90. The molecule has 0 saturated carbocycles. The van der Waals surface area contributed by atoms with E-state index in [1.807, 2.05) is 19.1 Å². The Morgan fingerprint density at radius 1 is 1.20 bits per heavy atom. The highest BCUT2D eigenvalue weighted by molar-refractivity contribution is 7.80. The summed E-state index contributed by atoms with van der Waals surface area (Å²) >= 11 is 16.9. The van der Waals surface area contributed by atoms with E-state index in [0.29, 0.717) is 10.7 Å². The van der Waals surface area contributed by atoms with Crippen LogP contribution in [0.4, 0.5) is 15.8 Å². The lowest BCUT2D eigenvalue weighted by Crippen LogP contribution is -2.11. The maximum atomic E-state index is 13.1. The highest BCUT2D eigenvalue weighted by Gasteiger charge is 2.10.